The maximum absolute atomic E-state index is 12.5. The largest absolute Gasteiger partial charge is 0.356 e. The normalized spacial score (nSPS) is 15.1. The zero-order valence-electron chi connectivity index (χ0n) is 18.1. The highest BCUT2D eigenvalue weighted by molar-refractivity contribution is 5.78. The lowest BCUT2D eigenvalue weighted by Gasteiger charge is -2.30. The van der Waals surface area contributed by atoms with E-state index in [4.69, 9.17) is 4.52 Å². The van der Waals surface area contributed by atoms with Gasteiger partial charge in [-0.05, 0) is 56.8 Å². The number of hydrogen-bond donors (Lipinski definition) is 1. The first-order chi connectivity index (χ1) is 15.2. The third kappa shape index (κ3) is 5.79. The fourth-order valence-corrected chi connectivity index (χ4v) is 4.09. The van der Waals surface area contributed by atoms with Crippen LogP contribution in [0.3, 0.4) is 0 Å². The topological polar surface area (TPSA) is 71.3 Å². The fourth-order valence-electron chi connectivity index (χ4n) is 4.09. The molecule has 6 heteroatoms. The first kappa shape index (κ1) is 21.2. The minimum absolute atomic E-state index is 0.0955. The summed E-state index contributed by atoms with van der Waals surface area (Å²) in [4.78, 5) is 19.3. The molecule has 2 aromatic carbocycles. The van der Waals surface area contributed by atoms with Gasteiger partial charge >= 0.3 is 0 Å². The van der Waals surface area contributed by atoms with Crippen LogP contribution < -0.4 is 5.32 Å². The molecule has 0 spiro atoms. The highest BCUT2D eigenvalue weighted by Gasteiger charge is 2.25. The van der Waals surface area contributed by atoms with Crippen molar-refractivity contribution in [1.82, 2.24) is 20.4 Å². The maximum Gasteiger partial charge on any atom is 0.241 e. The van der Waals surface area contributed by atoms with Crippen molar-refractivity contribution in [2.24, 2.45) is 5.92 Å². The van der Waals surface area contributed by atoms with Crippen LogP contribution in [0, 0.1) is 12.8 Å². The van der Waals surface area contributed by atoms with Gasteiger partial charge in [-0.25, -0.2) is 0 Å². The van der Waals surface area contributed by atoms with Crippen LogP contribution in [0.2, 0.25) is 0 Å². The number of nitrogens with zero attached hydrogens (tertiary/aromatic N) is 3. The third-order valence-corrected chi connectivity index (χ3v) is 5.96. The van der Waals surface area contributed by atoms with Crippen molar-refractivity contribution >= 4 is 5.91 Å². The summed E-state index contributed by atoms with van der Waals surface area (Å²) in [6, 6.07) is 18.4. The number of benzene rings is 2. The molecule has 31 heavy (non-hydrogen) atoms. The van der Waals surface area contributed by atoms with E-state index in [1.165, 1.54) is 5.56 Å². The summed E-state index contributed by atoms with van der Waals surface area (Å²) in [5.41, 5.74) is 3.45. The van der Waals surface area contributed by atoms with E-state index >= 15 is 0 Å². The fraction of sp³-hybridized carbons (Fsp3) is 0.400. The van der Waals surface area contributed by atoms with Gasteiger partial charge in [-0.3, -0.25) is 9.69 Å². The molecule has 0 atom stereocenters. The van der Waals surface area contributed by atoms with Crippen molar-refractivity contribution in [3.05, 3.63) is 71.6 Å². The average Bonchev–Trinajstić information content (AvgIpc) is 3.26. The molecule has 1 aromatic heterocycles. The van der Waals surface area contributed by atoms with Crippen molar-refractivity contribution in [1.29, 1.82) is 0 Å². The van der Waals surface area contributed by atoms with E-state index in [0.717, 1.165) is 56.4 Å². The molecule has 0 bridgehead atoms. The number of aromatic nitrogens is 2. The van der Waals surface area contributed by atoms with Crippen LogP contribution in [0.4, 0.5) is 0 Å². The van der Waals surface area contributed by atoms with Crippen molar-refractivity contribution in [2.45, 2.75) is 39.2 Å². The Morgan fingerprint density at radius 3 is 2.61 bits per heavy atom. The SMILES string of the molecule is Cc1ccccc1-c1noc(CN2CCC(C(=O)NCCCc3ccccc3)CC2)n1. The minimum atomic E-state index is 0.0955. The number of nitrogens with one attached hydrogen (secondary N) is 1. The molecule has 0 radical (unpaired) electrons. The summed E-state index contributed by atoms with van der Waals surface area (Å²) in [5, 5.41) is 7.26. The van der Waals surface area contributed by atoms with Crippen LogP contribution in [-0.2, 0) is 17.8 Å². The molecule has 0 unspecified atom stereocenters. The third-order valence-electron chi connectivity index (χ3n) is 5.96. The molecule has 1 aliphatic heterocycles. The van der Waals surface area contributed by atoms with Gasteiger partial charge in [-0.2, -0.15) is 4.98 Å². The van der Waals surface area contributed by atoms with Gasteiger partial charge in [0, 0.05) is 18.0 Å². The van der Waals surface area contributed by atoms with Crippen LogP contribution in [0.1, 0.15) is 36.3 Å². The number of carbonyl (C=O) groups excluding carboxylic acids is 1. The van der Waals surface area contributed by atoms with E-state index < -0.39 is 0 Å². The molecule has 0 saturated carbocycles. The van der Waals surface area contributed by atoms with E-state index in [-0.39, 0.29) is 11.8 Å². The van der Waals surface area contributed by atoms with Crippen LogP contribution >= 0.6 is 0 Å². The number of rotatable bonds is 8. The molecule has 1 amide bonds. The summed E-state index contributed by atoms with van der Waals surface area (Å²) in [6.07, 6.45) is 3.69. The number of amides is 1. The molecular weight excluding hydrogens is 388 g/mol. The zero-order chi connectivity index (χ0) is 21.5. The second-order valence-corrected chi connectivity index (χ2v) is 8.26. The van der Waals surface area contributed by atoms with E-state index in [2.05, 4.69) is 44.6 Å². The Balaban J connectivity index is 1.18. The Kier molecular flexibility index (Phi) is 7.10. The molecule has 3 aromatic rings. The van der Waals surface area contributed by atoms with Crippen molar-refractivity contribution in [3.8, 4) is 11.4 Å². The van der Waals surface area contributed by atoms with Crippen molar-refractivity contribution in [3.63, 3.8) is 0 Å². The summed E-state index contributed by atoms with van der Waals surface area (Å²) < 4.78 is 5.47. The Labute approximate surface area is 183 Å². The van der Waals surface area contributed by atoms with E-state index in [0.29, 0.717) is 18.3 Å². The lowest BCUT2D eigenvalue weighted by atomic mass is 9.96. The quantitative estimate of drug-likeness (QED) is 0.560. The Morgan fingerprint density at radius 1 is 1.10 bits per heavy atom. The molecule has 1 N–H and O–H groups in total. The zero-order valence-corrected chi connectivity index (χ0v) is 18.1. The Morgan fingerprint density at radius 2 is 1.84 bits per heavy atom. The van der Waals surface area contributed by atoms with Gasteiger partial charge in [0.25, 0.3) is 0 Å². The second-order valence-electron chi connectivity index (χ2n) is 8.26. The van der Waals surface area contributed by atoms with Gasteiger partial charge in [0.1, 0.15) is 0 Å². The first-order valence-corrected chi connectivity index (χ1v) is 11.1. The first-order valence-electron chi connectivity index (χ1n) is 11.1. The lowest BCUT2D eigenvalue weighted by molar-refractivity contribution is -0.126. The predicted octanol–water partition coefficient (Wildman–Crippen LogP) is 4.01. The molecule has 1 saturated heterocycles. The summed E-state index contributed by atoms with van der Waals surface area (Å²) in [6.45, 7) is 5.14. The van der Waals surface area contributed by atoms with E-state index in [1.807, 2.05) is 37.3 Å². The van der Waals surface area contributed by atoms with Gasteiger partial charge in [-0.15, -0.1) is 0 Å². The molecule has 162 valence electrons. The highest BCUT2D eigenvalue weighted by atomic mass is 16.5. The minimum Gasteiger partial charge on any atom is -0.356 e. The number of piperidine rings is 1. The number of carbonyl (C=O) groups is 1. The van der Waals surface area contributed by atoms with Crippen LogP contribution in [0.15, 0.2) is 59.1 Å². The smallest absolute Gasteiger partial charge is 0.241 e. The maximum atomic E-state index is 12.5. The van der Waals surface area contributed by atoms with Crippen LogP contribution in [0.5, 0.6) is 0 Å². The molecule has 2 heterocycles. The van der Waals surface area contributed by atoms with E-state index in [1.54, 1.807) is 0 Å². The van der Waals surface area contributed by atoms with Crippen molar-refractivity contribution < 1.29 is 9.32 Å². The van der Waals surface area contributed by atoms with Crippen LogP contribution in [0.25, 0.3) is 11.4 Å². The number of likely N-dealkylation sites (tertiary alicyclic amines) is 1. The Hall–Kier alpha value is -2.99. The molecule has 6 nitrogen and oxygen atoms in total. The van der Waals surface area contributed by atoms with Gasteiger partial charge < -0.3 is 9.84 Å². The molecule has 1 fully saturated rings. The van der Waals surface area contributed by atoms with E-state index in [9.17, 15) is 4.79 Å². The molecule has 4 rings (SSSR count). The summed E-state index contributed by atoms with van der Waals surface area (Å²) in [5.74, 6) is 1.55. The molecule has 0 aliphatic carbocycles. The Bertz CT molecular complexity index is 978. The number of hydrogen-bond acceptors (Lipinski definition) is 5. The van der Waals surface area contributed by atoms with Gasteiger partial charge in [-0.1, -0.05) is 59.8 Å². The van der Waals surface area contributed by atoms with Crippen molar-refractivity contribution in [2.75, 3.05) is 19.6 Å². The lowest BCUT2D eigenvalue weighted by Crippen LogP contribution is -2.40. The summed E-state index contributed by atoms with van der Waals surface area (Å²) in [7, 11) is 0. The average molecular weight is 419 g/mol. The van der Waals surface area contributed by atoms with Gasteiger partial charge in [0.15, 0.2) is 0 Å². The van der Waals surface area contributed by atoms with Crippen LogP contribution in [-0.4, -0.2) is 40.6 Å². The monoisotopic (exact) mass is 418 g/mol. The van der Waals surface area contributed by atoms with Gasteiger partial charge in [0.2, 0.25) is 17.6 Å². The molecular formula is C25H30N4O2. The second kappa shape index (κ2) is 10.4. The summed E-state index contributed by atoms with van der Waals surface area (Å²) >= 11 is 0. The number of aryl methyl sites for hydroxylation is 2. The standard InChI is InChI=1S/C25H30N4O2/c1-19-8-5-6-12-22(19)24-27-23(31-28-24)18-29-16-13-21(14-17-29)25(30)26-15-7-11-20-9-3-2-4-10-20/h2-6,8-10,12,21H,7,11,13-18H2,1H3,(H,26,30). The van der Waals surface area contributed by atoms with Gasteiger partial charge in [0.05, 0.1) is 6.54 Å². The highest BCUT2D eigenvalue weighted by Crippen LogP contribution is 2.22. The molecule has 1 aliphatic rings. The predicted molar refractivity (Wildman–Crippen MR) is 120 cm³/mol.